The van der Waals surface area contributed by atoms with Crippen LogP contribution < -0.4 is 0 Å². The number of thioether (sulfide) groups is 1. The molecule has 27 heavy (non-hydrogen) atoms. The molecule has 1 atom stereocenters. The van der Waals surface area contributed by atoms with Crippen LogP contribution in [0.2, 0.25) is 0 Å². The molecule has 132 valence electrons. The van der Waals surface area contributed by atoms with Crippen LogP contribution in [0.1, 0.15) is 27.6 Å². The van der Waals surface area contributed by atoms with E-state index in [1.807, 2.05) is 43.3 Å². The first-order valence-corrected chi connectivity index (χ1v) is 9.78. The molecule has 0 saturated carbocycles. The number of aromatic nitrogens is 3. The molecule has 1 aromatic heterocycles. The predicted octanol–water partition coefficient (Wildman–Crippen LogP) is 5.28. The summed E-state index contributed by atoms with van der Waals surface area (Å²) in [6.07, 6.45) is 0.419. The van der Waals surface area contributed by atoms with E-state index in [2.05, 4.69) is 40.4 Å². The zero-order valence-corrected chi connectivity index (χ0v) is 15.6. The minimum atomic E-state index is -0.00690. The second-order valence-electron chi connectivity index (χ2n) is 6.77. The quantitative estimate of drug-likeness (QED) is 0.481. The molecule has 2 heterocycles. The van der Waals surface area contributed by atoms with Crippen molar-refractivity contribution < 1.29 is 4.79 Å². The Morgan fingerprint density at radius 1 is 1.00 bits per heavy atom. The van der Waals surface area contributed by atoms with Gasteiger partial charge < -0.3 is 0 Å². The summed E-state index contributed by atoms with van der Waals surface area (Å²) < 4.78 is 1.46. The van der Waals surface area contributed by atoms with Crippen LogP contribution in [0.25, 0.3) is 22.2 Å². The molecule has 0 aliphatic carbocycles. The average molecular weight is 371 g/mol. The number of rotatable bonds is 2. The largest absolute Gasteiger partial charge is 0.272 e. The molecule has 1 aliphatic rings. The van der Waals surface area contributed by atoms with Crippen LogP contribution in [0.4, 0.5) is 0 Å². The van der Waals surface area contributed by atoms with E-state index in [0.29, 0.717) is 17.4 Å². The van der Waals surface area contributed by atoms with Crippen LogP contribution in [0.5, 0.6) is 0 Å². The van der Waals surface area contributed by atoms with Gasteiger partial charge in [0.25, 0.3) is 5.91 Å². The van der Waals surface area contributed by atoms with Gasteiger partial charge in [-0.2, -0.15) is 4.68 Å². The smallest absolute Gasteiger partial charge is 0.250 e. The molecular weight excluding hydrogens is 354 g/mol. The van der Waals surface area contributed by atoms with Crippen LogP contribution in [0, 0.1) is 6.92 Å². The van der Waals surface area contributed by atoms with Crippen LogP contribution in [-0.4, -0.2) is 20.7 Å². The van der Waals surface area contributed by atoms with Gasteiger partial charge in [-0.3, -0.25) is 4.79 Å². The molecule has 0 saturated heterocycles. The van der Waals surface area contributed by atoms with E-state index in [4.69, 9.17) is 0 Å². The lowest BCUT2D eigenvalue weighted by atomic mass is 10.0. The van der Waals surface area contributed by atoms with Crippen LogP contribution in [0.3, 0.4) is 0 Å². The lowest BCUT2D eigenvalue weighted by molar-refractivity contribution is 0.0868. The van der Waals surface area contributed by atoms with Crippen LogP contribution in [0.15, 0.2) is 71.9 Å². The Morgan fingerprint density at radius 2 is 1.78 bits per heavy atom. The first-order valence-electron chi connectivity index (χ1n) is 8.91. The summed E-state index contributed by atoms with van der Waals surface area (Å²) in [5.74, 6) is 0.594. The van der Waals surface area contributed by atoms with Crippen LogP contribution >= 0.6 is 11.8 Å². The molecule has 4 nitrogen and oxygen atoms in total. The molecule has 0 radical (unpaired) electrons. The molecule has 0 amide bonds. The predicted molar refractivity (Wildman–Crippen MR) is 108 cm³/mol. The molecule has 5 heteroatoms. The first-order chi connectivity index (χ1) is 13.2. The first kappa shape index (κ1) is 16.3. The summed E-state index contributed by atoms with van der Waals surface area (Å²) in [5.41, 5.74) is 3.29. The number of carbonyl (C=O) groups excluding carboxylic acids is 1. The minimum absolute atomic E-state index is 0.00690. The molecule has 0 fully saturated rings. The number of hydrogen-bond donors (Lipinski definition) is 0. The van der Waals surface area contributed by atoms with E-state index < -0.39 is 0 Å². The number of hydrogen-bond acceptors (Lipinski definition) is 4. The van der Waals surface area contributed by atoms with Gasteiger partial charge in [0.15, 0.2) is 11.0 Å². The van der Waals surface area contributed by atoms with Gasteiger partial charge in [0.05, 0.1) is 0 Å². The van der Waals surface area contributed by atoms with Gasteiger partial charge in [-0.1, -0.05) is 84.1 Å². The highest BCUT2D eigenvalue weighted by molar-refractivity contribution is 7.99. The molecule has 0 N–H and O–H groups in total. The molecule has 3 aromatic carbocycles. The maximum absolute atomic E-state index is 12.8. The maximum Gasteiger partial charge on any atom is 0.250 e. The SMILES string of the molecule is Cc1ccc(-c2nc3n(n2)C(=O)C[C@H](c2cccc4ccccc24)S3)cc1. The fraction of sp³-hybridized carbons (Fsp3) is 0.136. The molecule has 5 rings (SSSR count). The molecule has 1 aliphatic heterocycles. The highest BCUT2D eigenvalue weighted by atomic mass is 32.2. The Kier molecular flexibility index (Phi) is 3.83. The molecular formula is C22H17N3OS. The van der Waals surface area contributed by atoms with Crippen molar-refractivity contribution in [2.24, 2.45) is 0 Å². The highest BCUT2D eigenvalue weighted by Gasteiger charge is 2.30. The van der Waals surface area contributed by atoms with E-state index in [9.17, 15) is 4.79 Å². The fourth-order valence-corrected chi connectivity index (χ4v) is 4.67. The van der Waals surface area contributed by atoms with Gasteiger partial charge in [-0.05, 0) is 23.3 Å². The van der Waals surface area contributed by atoms with Crippen molar-refractivity contribution >= 4 is 28.4 Å². The van der Waals surface area contributed by atoms with E-state index >= 15 is 0 Å². The summed E-state index contributed by atoms with van der Waals surface area (Å²) in [4.78, 5) is 17.4. The third-order valence-corrected chi connectivity index (χ3v) is 6.08. The van der Waals surface area contributed by atoms with Crippen molar-refractivity contribution in [3.8, 4) is 11.4 Å². The van der Waals surface area contributed by atoms with Gasteiger partial charge in [-0.15, -0.1) is 5.10 Å². The Labute approximate surface area is 161 Å². The van der Waals surface area contributed by atoms with Gasteiger partial charge in [0.2, 0.25) is 0 Å². The summed E-state index contributed by atoms with van der Waals surface area (Å²) in [5, 5.41) is 7.55. The van der Waals surface area contributed by atoms with E-state index in [-0.39, 0.29) is 11.2 Å². The normalized spacial score (nSPS) is 16.5. The van der Waals surface area contributed by atoms with Crippen molar-refractivity contribution in [1.29, 1.82) is 0 Å². The highest BCUT2D eigenvalue weighted by Crippen LogP contribution is 2.43. The van der Waals surface area contributed by atoms with Gasteiger partial charge in [-0.25, -0.2) is 4.98 Å². The van der Waals surface area contributed by atoms with Crippen LogP contribution in [-0.2, 0) is 0 Å². The minimum Gasteiger partial charge on any atom is -0.272 e. The lowest BCUT2D eigenvalue weighted by Crippen LogP contribution is -2.21. The lowest BCUT2D eigenvalue weighted by Gasteiger charge is -2.21. The number of carbonyl (C=O) groups is 1. The zero-order chi connectivity index (χ0) is 18.4. The standard InChI is InChI=1S/C22H17N3OS/c1-14-9-11-16(12-10-14)21-23-22-25(24-21)20(26)13-19(27-22)18-8-4-6-15-5-2-3-7-17(15)18/h2-12,19H,13H2,1H3/t19-/m1/s1. The van der Waals surface area contributed by atoms with Gasteiger partial charge in [0.1, 0.15) is 0 Å². The van der Waals surface area contributed by atoms with Crippen molar-refractivity contribution in [3.05, 3.63) is 77.9 Å². The zero-order valence-electron chi connectivity index (χ0n) is 14.8. The topological polar surface area (TPSA) is 47.8 Å². The third-order valence-electron chi connectivity index (χ3n) is 4.90. The van der Waals surface area contributed by atoms with E-state index in [0.717, 1.165) is 5.56 Å². The Balaban J connectivity index is 1.54. The summed E-state index contributed by atoms with van der Waals surface area (Å²) in [7, 11) is 0. The van der Waals surface area contributed by atoms with Gasteiger partial charge >= 0.3 is 0 Å². The Hall–Kier alpha value is -2.92. The summed E-state index contributed by atoms with van der Waals surface area (Å²) in [6.45, 7) is 2.05. The summed E-state index contributed by atoms with van der Waals surface area (Å²) >= 11 is 1.62. The molecule has 0 bridgehead atoms. The fourth-order valence-electron chi connectivity index (χ4n) is 3.48. The van der Waals surface area contributed by atoms with E-state index in [1.54, 1.807) is 11.8 Å². The molecule has 0 spiro atoms. The number of nitrogens with zero attached hydrogens (tertiary/aromatic N) is 3. The van der Waals surface area contributed by atoms with E-state index in [1.165, 1.54) is 26.6 Å². The summed E-state index contributed by atoms with van der Waals surface area (Å²) in [6, 6.07) is 22.6. The van der Waals surface area contributed by atoms with Gasteiger partial charge in [0, 0.05) is 17.2 Å². The second kappa shape index (κ2) is 6.35. The number of aryl methyl sites for hydroxylation is 1. The Morgan fingerprint density at radius 3 is 2.63 bits per heavy atom. The number of fused-ring (bicyclic) bond motifs is 2. The van der Waals surface area contributed by atoms with Crippen molar-refractivity contribution in [1.82, 2.24) is 14.8 Å². The van der Waals surface area contributed by atoms with Crippen molar-refractivity contribution in [2.75, 3.05) is 0 Å². The number of benzene rings is 3. The van der Waals surface area contributed by atoms with Crippen molar-refractivity contribution in [2.45, 2.75) is 23.8 Å². The second-order valence-corrected chi connectivity index (χ2v) is 7.94. The molecule has 4 aromatic rings. The van der Waals surface area contributed by atoms with Crippen molar-refractivity contribution in [3.63, 3.8) is 0 Å². The third kappa shape index (κ3) is 2.84. The maximum atomic E-state index is 12.8. The Bertz CT molecular complexity index is 1160. The molecule has 0 unspecified atom stereocenters. The average Bonchev–Trinajstić information content (AvgIpc) is 3.13. The monoisotopic (exact) mass is 371 g/mol.